The van der Waals surface area contributed by atoms with Gasteiger partial charge in [-0.05, 0) is 30.2 Å². The first kappa shape index (κ1) is 16.2. The number of Topliss-reactive ketones (excluding diaryl/α,β-unsaturated/α-hetero) is 1. The van der Waals surface area contributed by atoms with E-state index in [1.54, 1.807) is 30.3 Å². The van der Waals surface area contributed by atoms with Crippen LogP contribution in [0, 0.1) is 0 Å². The molecule has 0 atom stereocenters. The molecule has 0 aromatic heterocycles. The average Bonchev–Trinajstić information content (AvgIpc) is 2.50. The van der Waals surface area contributed by atoms with Crippen molar-refractivity contribution in [2.24, 2.45) is 0 Å². The van der Waals surface area contributed by atoms with Gasteiger partial charge in [0.2, 0.25) is 5.91 Å². The fraction of sp³-hybridized carbons (Fsp3) is 0.222. The van der Waals surface area contributed by atoms with Crippen molar-refractivity contribution >= 4 is 29.0 Å². The molecule has 1 amide bonds. The van der Waals surface area contributed by atoms with Gasteiger partial charge in [-0.2, -0.15) is 0 Å². The third-order valence-corrected chi connectivity index (χ3v) is 3.62. The summed E-state index contributed by atoms with van der Waals surface area (Å²) < 4.78 is 0. The summed E-state index contributed by atoms with van der Waals surface area (Å²) in [5.41, 5.74) is 2.01. The quantitative estimate of drug-likeness (QED) is 0.797. The molecule has 2 aromatic rings. The molecule has 0 heterocycles. The minimum Gasteiger partial charge on any atom is -0.326 e. The van der Waals surface area contributed by atoms with Crippen molar-refractivity contribution in [2.75, 3.05) is 5.32 Å². The number of anilines is 1. The van der Waals surface area contributed by atoms with Gasteiger partial charge in [0.1, 0.15) is 0 Å². The molecule has 1 N–H and O–H groups in total. The van der Waals surface area contributed by atoms with Gasteiger partial charge in [-0.15, -0.1) is 0 Å². The maximum Gasteiger partial charge on any atom is 0.224 e. The molecule has 2 aromatic carbocycles. The van der Waals surface area contributed by atoms with Gasteiger partial charge in [0.15, 0.2) is 5.78 Å². The largest absolute Gasteiger partial charge is 0.326 e. The van der Waals surface area contributed by atoms with Crippen LogP contribution in [0.15, 0.2) is 48.5 Å². The molecule has 0 spiro atoms. The Kier molecular flexibility index (Phi) is 5.73. The fourth-order valence-corrected chi connectivity index (χ4v) is 2.34. The molecule has 3 nitrogen and oxygen atoms in total. The number of hydrogen-bond donors (Lipinski definition) is 1. The Morgan fingerprint density at radius 2 is 1.86 bits per heavy atom. The van der Waals surface area contributed by atoms with E-state index in [4.69, 9.17) is 11.6 Å². The minimum atomic E-state index is -0.0433. The number of rotatable bonds is 6. The Labute approximate surface area is 135 Å². The van der Waals surface area contributed by atoms with Gasteiger partial charge >= 0.3 is 0 Å². The summed E-state index contributed by atoms with van der Waals surface area (Å²) in [7, 11) is 0. The van der Waals surface area contributed by atoms with Crippen LogP contribution in [0.2, 0.25) is 5.02 Å². The Morgan fingerprint density at radius 3 is 2.59 bits per heavy atom. The number of carbonyl (C=O) groups is 2. The van der Waals surface area contributed by atoms with Crippen LogP contribution in [0.25, 0.3) is 0 Å². The van der Waals surface area contributed by atoms with Crippen molar-refractivity contribution in [2.45, 2.75) is 26.2 Å². The third kappa shape index (κ3) is 4.43. The number of carbonyl (C=O) groups excluding carboxylic acids is 2. The van der Waals surface area contributed by atoms with Crippen molar-refractivity contribution in [3.8, 4) is 0 Å². The highest BCUT2D eigenvalue weighted by molar-refractivity contribution is 6.31. The zero-order valence-electron chi connectivity index (χ0n) is 12.4. The number of benzene rings is 2. The van der Waals surface area contributed by atoms with Crippen LogP contribution in [0.3, 0.4) is 0 Å². The molecule has 114 valence electrons. The summed E-state index contributed by atoms with van der Waals surface area (Å²) in [6.45, 7) is 1.95. The van der Waals surface area contributed by atoms with E-state index < -0.39 is 0 Å². The molecular weight excluding hydrogens is 298 g/mol. The Balaban J connectivity index is 2.10. The van der Waals surface area contributed by atoms with E-state index in [0.29, 0.717) is 22.7 Å². The predicted octanol–water partition coefficient (Wildman–Crippen LogP) is 4.50. The highest BCUT2D eigenvalue weighted by Crippen LogP contribution is 2.19. The van der Waals surface area contributed by atoms with E-state index in [1.165, 1.54) is 0 Å². The Hall–Kier alpha value is -2.13. The molecule has 0 saturated heterocycles. The van der Waals surface area contributed by atoms with Crippen LogP contribution in [0.5, 0.6) is 0 Å². The summed E-state index contributed by atoms with van der Waals surface area (Å²) in [5, 5.41) is 3.38. The first-order chi connectivity index (χ1) is 10.6. The number of hydrogen-bond acceptors (Lipinski definition) is 2. The summed E-state index contributed by atoms with van der Waals surface area (Å²) in [5.74, 6) is -0.0714. The monoisotopic (exact) mass is 315 g/mol. The SMILES string of the molecule is CCCC(=O)Nc1cccc(C(=O)Cc2ccccc2Cl)c1. The van der Waals surface area contributed by atoms with Crippen LogP contribution >= 0.6 is 11.6 Å². The third-order valence-electron chi connectivity index (χ3n) is 3.25. The number of ketones is 1. The van der Waals surface area contributed by atoms with Crippen LogP contribution in [0.4, 0.5) is 5.69 Å². The molecule has 0 bridgehead atoms. The standard InChI is InChI=1S/C18H18ClNO2/c1-2-6-18(22)20-15-9-5-8-14(11-15)17(21)12-13-7-3-4-10-16(13)19/h3-5,7-11H,2,6,12H2,1H3,(H,20,22). The maximum atomic E-state index is 12.4. The zero-order chi connectivity index (χ0) is 15.9. The smallest absolute Gasteiger partial charge is 0.224 e. The first-order valence-corrected chi connectivity index (χ1v) is 7.64. The van der Waals surface area contributed by atoms with Crippen molar-refractivity contribution in [3.05, 3.63) is 64.7 Å². The molecule has 0 saturated carbocycles. The molecule has 0 fully saturated rings. The molecule has 0 radical (unpaired) electrons. The summed E-state index contributed by atoms with van der Waals surface area (Å²) in [6.07, 6.45) is 1.50. The fourth-order valence-electron chi connectivity index (χ4n) is 2.14. The van der Waals surface area contributed by atoms with E-state index in [9.17, 15) is 9.59 Å². The van der Waals surface area contributed by atoms with Crippen molar-refractivity contribution < 1.29 is 9.59 Å². The summed E-state index contributed by atoms with van der Waals surface area (Å²) >= 11 is 6.08. The van der Waals surface area contributed by atoms with E-state index >= 15 is 0 Å². The van der Waals surface area contributed by atoms with E-state index in [0.717, 1.165) is 12.0 Å². The molecule has 2 rings (SSSR count). The van der Waals surface area contributed by atoms with Crippen molar-refractivity contribution in [1.29, 1.82) is 0 Å². The number of nitrogens with one attached hydrogen (secondary N) is 1. The highest BCUT2D eigenvalue weighted by atomic mass is 35.5. The average molecular weight is 316 g/mol. The van der Waals surface area contributed by atoms with Crippen LogP contribution in [-0.2, 0) is 11.2 Å². The van der Waals surface area contributed by atoms with Gasteiger partial charge < -0.3 is 5.32 Å². The highest BCUT2D eigenvalue weighted by Gasteiger charge is 2.10. The maximum absolute atomic E-state index is 12.4. The van der Waals surface area contributed by atoms with Gasteiger partial charge in [0, 0.05) is 29.1 Å². The lowest BCUT2D eigenvalue weighted by Crippen LogP contribution is -2.11. The van der Waals surface area contributed by atoms with Crippen LogP contribution < -0.4 is 5.32 Å². The molecular formula is C18H18ClNO2. The van der Waals surface area contributed by atoms with Crippen molar-refractivity contribution in [3.63, 3.8) is 0 Å². The zero-order valence-corrected chi connectivity index (χ0v) is 13.2. The number of amides is 1. The molecule has 4 heteroatoms. The molecule has 0 aliphatic rings. The second kappa shape index (κ2) is 7.76. The van der Waals surface area contributed by atoms with Gasteiger partial charge in [0.25, 0.3) is 0 Å². The molecule has 22 heavy (non-hydrogen) atoms. The Morgan fingerprint density at radius 1 is 1.09 bits per heavy atom. The first-order valence-electron chi connectivity index (χ1n) is 7.26. The van der Waals surface area contributed by atoms with Gasteiger partial charge in [0.05, 0.1) is 0 Å². The number of halogens is 1. The van der Waals surface area contributed by atoms with E-state index in [2.05, 4.69) is 5.32 Å². The van der Waals surface area contributed by atoms with Crippen LogP contribution in [0.1, 0.15) is 35.7 Å². The van der Waals surface area contributed by atoms with E-state index in [1.807, 2.05) is 25.1 Å². The normalized spacial score (nSPS) is 10.3. The lowest BCUT2D eigenvalue weighted by atomic mass is 10.0. The van der Waals surface area contributed by atoms with Crippen LogP contribution in [-0.4, -0.2) is 11.7 Å². The lowest BCUT2D eigenvalue weighted by Gasteiger charge is -2.07. The minimum absolute atomic E-state index is 0.0281. The summed E-state index contributed by atoms with van der Waals surface area (Å²) in [6, 6.07) is 14.3. The van der Waals surface area contributed by atoms with Gasteiger partial charge in [-0.25, -0.2) is 0 Å². The molecule has 0 aliphatic heterocycles. The lowest BCUT2D eigenvalue weighted by molar-refractivity contribution is -0.116. The second-order valence-electron chi connectivity index (χ2n) is 5.07. The van der Waals surface area contributed by atoms with Gasteiger partial charge in [-0.3, -0.25) is 9.59 Å². The predicted molar refractivity (Wildman–Crippen MR) is 89.5 cm³/mol. The molecule has 0 aliphatic carbocycles. The van der Waals surface area contributed by atoms with E-state index in [-0.39, 0.29) is 18.1 Å². The van der Waals surface area contributed by atoms with Crippen molar-refractivity contribution in [1.82, 2.24) is 0 Å². The van der Waals surface area contributed by atoms with Gasteiger partial charge in [-0.1, -0.05) is 48.9 Å². The topological polar surface area (TPSA) is 46.2 Å². The Bertz CT molecular complexity index is 682. The summed E-state index contributed by atoms with van der Waals surface area (Å²) in [4.78, 5) is 24.0. The second-order valence-corrected chi connectivity index (χ2v) is 5.48. The molecule has 0 unspecified atom stereocenters.